The van der Waals surface area contributed by atoms with Crippen molar-refractivity contribution in [2.75, 3.05) is 51.2 Å². The molecule has 168 valence electrons. The summed E-state index contributed by atoms with van der Waals surface area (Å²) in [4.78, 5) is 12.0. The van der Waals surface area contributed by atoms with Gasteiger partial charge in [0.2, 0.25) is 0 Å². The number of phenols is 1. The Morgan fingerprint density at radius 2 is 1.72 bits per heavy atom. The first-order valence-corrected chi connectivity index (χ1v) is 11.6. The van der Waals surface area contributed by atoms with Crippen LogP contribution in [0.5, 0.6) is 5.75 Å². The average Bonchev–Trinajstić information content (AvgIpc) is 2.82. The Hall–Kier alpha value is -2.41. The van der Waals surface area contributed by atoms with Crippen molar-refractivity contribution in [2.24, 2.45) is 0 Å². The van der Waals surface area contributed by atoms with Crippen LogP contribution in [0.25, 0.3) is 22.0 Å². The van der Waals surface area contributed by atoms with Crippen LogP contribution in [0.4, 0.5) is 10.1 Å². The number of hydrogen-bond acceptors (Lipinski definition) is 5. The normalized spacial score (nSPS) is 19.0. The van der Waals surface area contributed by atoms with Gasteiger partial charge in [-0.1, -0.05) is 17.7 Å². The smallest absolute Gasteiger partial charge is 0.170 e. The zero-order valence-electron chi connectivity index (χ0n) is 18.3. The summed E-state index contributed by atoms with van der Waals surface area (Å²) in [5.41, 5.74) is 3.55. The van der Waals surface area contributed by atoms with Crippen LogP contribution in [0.1, 0.15) is 12.8 Å². The zero-order valence-corrected chi connectivity index (χ0v) is 19.0. The molecule has 5 nitrogen and oxygen atoms in total. The molecule has 7 heteroatoms. The summed E-state index contributed by atoms with van der Waals surface area (Å²) in [6.07, 6.45) is 4.37. The van der Waals surface area contributed by atoms with Crippen molar-refractivity contribution in [3.05, 3.63) is 53.4 Å². The molecule has 0 atom stereocenters. The van der Waals surface area contributed by atoms with Gasteiger partial charge < -0.3 is 14.9 Å². The maximum Gasteiger partial charge on any atom is 0.170 e. The predicted molar refractivity (Wildman–Crippen MR) is 128 cm³/mol. The molecule has 0 unspecified atom stereocenters. The number of halogens is 2. The molecule has 1 N–H and O–H groups in total. The first kappa shape index (κ1) is 21.4. The second-order valence-corrected chi connectivity index (χ2v) is 9.32. The lowest BCUT2D eigenvalue weighted by atomic mass is 10.0. The van der Waals surface area contributed by atoms with Crippen LogP contribution in [0, 0.1) is 5.82 Å². The van der Waals surface area contributed by atoms with Gasteiger partial charge in [0.15, 0.2) is 11.6 Å². The number of likely N-dealkylation sites (tertiary alicyclic amines) is 1. The van der Waals surface area contributed by atoms with Crippen LogP contribution >= 0.6 is 11.6 Å². The zero-order chi connectivity index (χ0) is 22.2. The molecule has 0 bridgehead atoms. The Balaban J connectivity index is 1.40. The van der Waals surface area contributed by atoms with Crippen LogP contribution in [0.2, 0.25) is 5.02 Å². The van der Waals surface area contributed by atoms with Gasteiger partial charge in [0.1, 0.15) is 0 Å². The predicted octanol–water partition coefficient (Wildman–Crippen LogP) is 4.62. The fourth-order valence-electron chi connectivity index (χ4n) is 5.01. The lowest BCUT2D eigenvalue weighted by molar-refractivity contribution is 0.115. The first-order chi connectivity index (χ1) is 15.5. The molecule has 0 aliphatic carbocycles. The van der Waals surface area contributed by atoms with Crippen molar-refractivity contribution in [3.63, 3.8) is 0 Å². The quantitative estimate of drug-likeness (QED) is 0.625. The van der Waals surface area contributed by atoms with E-state index in [1.54, 1.807) is 6.07 Å². The SMILES string of the molecule is CN1CCC(N2CCN(c3ccnc4ccc(-c5cc(F)c(O)c(Cl)c5)cc34)CC2)CC1. The number of anilines is 1. The number of hydrogen-bond donors (Lipinski definition) is 1. The minimum Gasteiger partial charge on any atom is -0.504 e. The Morgan fingerprint density at radius 1 is 0.969 bits per heavy atom. The summed E-state index contributed by atoms with van der Waals surface area (Å²) >= 11 is 6.01. The number of benzene rings is 2. The van der Waals surface area contributed by atoms with E-state index < -0.39 is 11.6 Å². The van der Waals surface area contributed by atoms with Crippen molar-refractivity contribution in [2.45, 2.75) is 18.9 Å². The standard InChI is InChI=1S/C25H28ClFN4O/c1-29-8-5-19(6-9-29)30-10-12-31(13-11-30)24-4-7-28-23-3-2-17(14-20(23)24)18-15-21(26)25(32)22(27)16-18/h2-4,7,14-16,19,32H,5-6,8-13H2,1H3. The molecule has 3 aromatic rings. The summed E-state index contributed by atoms with van der Waals surface area (Å²) in [6, 6.07) is 11.6. The van der Waals surface area contributed by atoms with E-state index in [1.807, 2.05) is 24.4 Å². The van der Waals surface area contributed by atoms with Crippen molar-refractivity contribution in [1.29, 1.82) is 0 Å². The molecular formula is C25H28ClFN4O. The third kappa shape index (κ3) is 4.15. The third-order valence-corrected chi connectivity index (χ3v) is 7.22. The summed E-state index contributed by atoms with van der Waals surface area (Å²) in [5.74, 6) is -1.23. The van der Waals surface area contributed by atoms with E-state index in [-0.39, 0.29) is 5.02 Å². The number of aromatic nitrogens is 1. The van der Waals surface area contributed by atoms with Crippen molar-refractivity contribution < 1.29 is 9.50 Å². The monoisotopic (exact) mass is 454 g/mol. The van der Waals surface area contributed by atoms with Gasteiger partial charge in [0.25, 0.3) is 0 Å². The fourth-order valence-corrected chi connectivity index (χ4v) is 5.22. The van der Waals surface area contributed by atoms with Gasteiger partial charge in [-0.05, 0) is 74.4 Å². The van der Waals surface area contributed by atoms with Crippen LogP contribution in [-0.4, -0.2) is 72.2 Å². The summed E-state index contributed by atoms with van der Waals surface area (Å²) in [7, 11) is 2.21. The molecular weight excluding hydrogens is 427 g/mol. The highest BCUT2D eigenvalue weighted by Gasteiger charge is 2.27. The lowest BCUT2D eigenvalue weighted by Gasteiger charge is -2.43. The number of piperidine rings is 1. The maximum absolute atomic E-state index is 14.1. The van der Waals surface area contributed by atoms with Gasteiger partial charge in [-0.2, -0.15) is 0 Å². The largest absolute Gasteiger partial charge is 0.504 e. The molecule has 0 amide bonds. The molecule has 0 spiro atoms. The number of rotatable bonds is 3. The van der Waals surface area contributed by atoms with Crippen LogP contribution in [0.3, 0.4) is 0 Å². The molecule has 1 aromatic heterocycles. The number of fused-ring (bicyclic) bond motifs is 1. The first-order valence-electron chi connectivity index (χ1n) is 11.2. The Morgan fingerprint density at radius 3 is 2.44 bits per heavy atom. The molecule has 2 saturated heterocycles. The van der Waals surface area contributed by atoms with Gasteiger partial charge in [-0.3, -0.25) is 9.88 Å². The summed E-state index contributed by atoms with van der Waals surface area (Å²) in [6.45, 7) is 6.47. The average molecular weight is 455 g/mol. The van der Waals surface area contributed by atoms with Crippen molar-refractivity contribution in [1.82, 2.24) is 14.8 Å². The number of nitrogens with zero attached hydrogens (tertiary/aromatic N) is 4. The summed E-state index contributed by atoms with van der Waals surface area (Å²) in [5, 5.41) is 10.7. The van der Waals surface area contributed by atoms with Gasteiger partial charge in [0.05, 0.1) is 10.5 Å². The molecule has 3 heterocycles. The molecule has 2 aliphatic rings. The van der Waals surface area contributed by atoms with Gasteiger partial charge in [-0.25, -0.2) is 4.39 Å². The molecule has 32 heavy (non-hydrogen) atoms. The Labute approximate surface area is 193 Å². The molecule has 0 saturated carbocycles. The van der Waals surface area contributed by atoms with Crippen molar-refractivity contribution >= 4 is 28.2 Å². The van der Waals surface area contributed by atoms with Gasteiger partial charge in [0, 0.05) is 49.5 Å². The minimum absolute atomic E-state index is 0.0107. The maximum atomic E-state index is 14.1. The second kappa shape index (κ2) is 8.85. The number of phenolic OH excluding ortho intramolecular Hbond substituents is 1. The second-order valence-electron chi connectivity index (χ2n) is 8.91. The van der Waals surface area contributed by atoms with Crippen LogP contribution < -0.4 is 4.90 Å². The van der Waals surface area contributed by atoms with E-state index in [0.717, 1.165) is 48.3 Å². The molecule has 2 fully saturated rings. The lowest BCUT2D eigenvalue weighted by Crippen LogP contribution is -2.53. The number of pyridine rings is 1. The van der Waals surface area contributed by atoms with Crippen LogP contribution in [-0.2, 0) is 0 Å². The highest BCUT2D eigenvalue weighted by atomic mass is 35.5. The molecule has 2 aliphatic heterocycles. The van der Waals surface area contributed by atoms with E-state index in [1.165, 1.54) is 32.0 Å². The Kier molecular flexibility index (Phi) is 5.93. The Bertz CT molecular complexity index is 1100. The highest BCUT2D eigenvalue weighted by Crippen LogP contribution is 2.35. The third-order valence-electron chi connectivity index (χ3n) is 6.93. The van der Waals surface area contributed by atoms with Crippen LogP contribution in [0.15, 0.2) is 42.6 Å². The highest BCUT2D eigenvalue weighted by molar-refractivity contribution is 6.32. The summed E-state index contributed by atoms with van der Waals surface area (Å²) < 4.78 is 14.1. The topological polar surface area (TPSA) is 42.8 Å². The van der Waals surface area contributed by atoms with E-state index in [4.69, 9.17) is 11.6 Å². The molecule has 2 aromatic carbocycles. The van der Waals surface area contributed by atoms with Gasteiger partial charge >= 0.3 is 0 Å². The van der Waals surface area contributed by atoms with E-state index in [0.29, 0.717) is 11.6 Å². The van der Waals surface area contributed by atoms with Gasteiger partial charge in [-0.15, -0.1) is 0 Å². The molecule has 0 radical (unpaired) electrons. The number of piperazine rings is 1. The van der Waals surface area contributed by atoms with E-state index in [9.17, 15) is 9.50 Å². The van der Waals surface area contributed by atoms with Crippen molar-refractivity contribution in [3.8, 4) is 16.9 Å². The fraction of sp³-hybridized carbons (Fsp3) is 0.400. The van der Waals surface area contributed by atoms with E-state index in [2.05, 4.69) is 32.8 Å². The molecule has 5 rings (SSSR count). The van der Waals surface area contributed by atoms with E-state index >= 15 is 0 Å². The minimum atomic E-state index is -0.718. The number of aromatic hydroxyl groups is 1.